The second-order valence-electron chi connectivity index (χ2n) is 8.78. The molecule has 0 unspecified atom stereocenters. The highest BCUT2D eigenvalue weighted by Gasteiger charge is 2.47. The monoisotopic (exact) mass is 594 g/mol. The van der Waals surface area contributed by atoms with Crippen molar-refractivity contribution in [2.45, 2.75) is 44.7 Å². The zero-order valence-electron chi connectivity index (χ0n) is 22.1. The minimum Gasteiger partial charge on any atom is -0.495 e. The molecule has 0 fully saturated rings. The second kappa shape index (κ2) is 15.1. The number of carbonyl (C=O) groups excluding carboxylic acids is 2. The molecule has 204 valence electrons. The third-order valence-corrected chi connectivity index (χ3v) is 6.75. The number of esters is 2. The lowest BCUT2D eigenvalue weighted by Gasteiger charge is -2.34. The van der Waals surface area contributed by atoms with Crippen LogP contribution in [0.2, 0.25) is 0 Å². The molecule has 0 spiro atoms. The average Bonchev–Trinajstić information content (AvgIpc) is 2.97. The minimum atomic E-state index is -1.69. The number of halogens is 1. The zero-order chi connectivity index (χ0) is 28.1. The second-order valence-corrected chi connectivity index (χ2v) is 9.69. The van der Waals surface area contributed by atoms with Gasteiger partial charge in [-0.05, 0) is 40.5 Å². The van der Waals surface area contributed by atoms with Crippen LogP contribution in [0, 0.1) is 29.1 Å². The first kappa shape index (κ1) is 30.0. The fourth-order valence-electron chi connectivity index (χ4n) is 3.92. The molecular weight excluding hydrogens is 564 g/mol. The Kier molecular flexibility index (Phi) is 11.6. The zero-order valence-corrected chi connectivity index (χ0v) is 23.7. The highest BCUT2D eigenvalue weighted by molar-refractivity contribution is 9.11. The van der Waals surface area contributed by atoms with E-state index in [1.165, 1.54) is 14.2 Å². The van der Waals surface area contributed by atoms with Gasteiger partial charge in [0.1, 0.15) is 24.9 Å². The number of ether oxygens (including phenoxy) is 5. The van der Waals surface area contributed by atoms with Gasteiger partial charge >= 0.3 is 11.9 Å². The van der Waals surface area contributed by atoms with Crippen LogP contribution in [0.25, 0.3) is 0 Å². The van der Waals surface area contributed by atoms with Gasteiger partial charge in [0.15, 0.2) is 5.41 Å². The first-order valence-electron chi connectivity index (χ1n) is 12.4. The van der Waals surface area contributed by atoms with Crippen molar-refractivity contribution >= 4 is 27.9 Å². The summed E-state index contributed by atoms with van der Waals surface area (Å²) < 4.78 is 28.4. The van der Waals surface area contributed by atoms with Gasteiger partial charge in [0.05, 0.1) is 31.6 Å². The van der Waals surface area contributed by atoms with Gasteiger partial charge in [-0.25, -0.2) is 0 Å². The van der Waals surface area contributed by atoms with Crippen LogP contribution in [-0.2, 0) is 39.9 Å². The van der Waals surface area contributed by atoms with Gasteiger partial charge in [0.2, 0.25) is 0 Å². The molecule has 1 heterocycles. The number of hydrogen-bond acceptors (Lipinski definition) is 7. The Bertz CT molecular complexity index is 1240. The molecule has 3 atom stereocenters. The highest BCUT2D eigenvalue weighted by atomic mass is 79.9. The predicted molar refractivity (Wildman–Crippen MR) is 149 cm³/mol. The molecule has 0 radical (unpaired) electrons. The Morgan fingerprint density at radius 2 is 1.51 bits per heavy atom. The highest BCUT2D eigenvalue weighted by Crippen LogP contribution is 2.31. The maximum Gasteiger partial charge on any atom is 0.325 e. The fourth-order valence-corrected chi connectivity index (χ4v) is 4.42. The molecule has 3 rings (SSSR count). The fraction of sp³-hybridized carbons (Fsp3) is 0.355. The van der Waals surface area contributed by atoms with Crippen molar-refractivity contribution in [2.75, 3.05) is 20.8 Å². The largest absolute Gasteiger partial charge is 0.495 e. The smallest absolute Gasteiger partial charge is 0.325 e. The average molecular weight is 595 g/mol. The van der Waals surface area contributed by atoms with Gasteiger partial charge in [-0.3, -0.25) is 9.59 Å². The van der Waals surface area contributed by atoms with Gasteiger partial charge in [-0.15, -0.1) is 0 Å². The van der Waals surface area contributed by atoms with Gasteiger partial charge in [-0.2, -0.15) is 0 Å². The van der Waals surface area contributed by atoms with Crippen LogP contribution < -0.4 is 0 Å². The first-order chi connectivity index (χ1) is 18.9. The van der Waals surface area contributed by atoms with E-state index >= 15 is 0 Å². The van der Waals surface area contributed by atoms with Gasteiger partial charge in [-0.1, -0.05) is 72.2 Å². The summed E-state index contributed by atoms with van der Waals surface area (Å²) in [6, 6.07) is 19.1. The van der Waals surface area contributed by atoms with Crippen LogP contribution >= 0.6 is 15.9 Å². The third kappa shape index (κ3) is 8.21. The number of hydrogen-bond donors (Lipinski definition) is 0. The number of benzene rings is 2. The molecule has 0 saturated carbocycles. The van der Waals surface area contributed by atoms with Crippen molar-refractivity contribution in [1.29, 1.82) is 0 Å². The van der Waals surface area contributed by atoms with E-state index in [1.807, 2.05) is 67.6 Å². The molecule has 7 nitrogen and oxygen atoms in total. The van der Waals surface area contributed by atoms with E-state index in [4.69, 9.17) is 23.7 Å². The van der Waals surface area contributed by atoms with Crippen molar-refractivity contribution in [3.8, 4) is 23.7 Å². The first-order valence-corrected chi connectivity index (χ1v) is 13.1. The van der Waals surface area contributed by atoms with E-state index in [-0.39, 0.29) is 31.7 Å². The molecule has 8 heteroatoms. The molecule has 0 N–H and O–H groups in total. The third-order valence-electron chi connectivity index (χ3n) is 6.11. The molecule has 0 bridgehead atoms. The van der Waals surface area contributed by atoms with Crippen molar-refractivity contribution in [3.05, 3.63) is 82.5 Å². The molecule has 1 aliphatic rings. The summed E-state index contributed by atoms with van der Waals surface area (Å²) in [6.07, 6.45) is 0.253. The molecule has 0 amide bonds. The summed E-state index contributed by atoms with van der Waals surface area (Å²) in [5, 5.41) is 0. The van der Waals surface area contributed by atoms with Crippen LogP contribution in [0.1, 0.15) is 30.9 Å². The van der Waals surface area contributed by atoms with Crippen LogP contribution in [0.4, 0.5) is 0 Å². The van der Waals surface area contributed by atoms with Crippen molar-refractivity contribution in [3.63, 3.8) is 0 Å². The molecule has 2 aromatic rings. The van der Waals surface area contributed by atoms with E-state index in [0.717, 1.165) is 11.1 Å². The SMILES string of the molecule is COC(=O)C(CC#CCO[C@H]1C(Br)=CO[C@@H](C)[C@@H]1OCc1ccccc1)(CC#Cc1ccccc1)C(=O)OC. The summed E-state index contributed by atoms with van der Waals surface area (Å²) in [6.45, 7) is 2.33. The predicted octanol–water partition coefficient (Wildman–Crippen LogP) is 4.78. The molecule has 2 aromatic carbocycles. The lowest BCUT2D eigenvalue weighted by molar-refractivity contribution is -0.168. The summed E-state index contributed by atoms with van der Waals surface area (Å²) in [5.74, 6) is 10.2. The van der Waals surface area contributed by atoms with E-state index < -0.39 is 23.5 Å². The topological polar surface area (TPSA) is 80.3 Å². The van der Waals surface area contributed by atoms with Gasteiger partial charge < -0.3 is 23.7 Å². The van der Waals surface area contributed by atoms with E-state index in [1.54, 1.807) is 6.26 Å². The van der Waals surface area contributed by atoms with Gasteiger partial charge in [0, 0.05) is 18.4 Å². The quantitative estimate of drug-likeness (QED) is 0.235. The maximum atomic E-state index is 12.8. The lowest BCUT2D eigenvalue weighted by Crippen LogP contribution is -2.43. The van der Waals surface area contributed by atoms with Crippen molar-refractivity contribution in [1.82, 2.24) is 0 Å². The number of rotatable bonds is 9. The van der Waals surface area contributed by atoms with Crippen molar-refractivity contribution in [2.24, 2.45) is 5.41 Å². The molecular formula is C31H31BrO7. The minimum absolute atomic E-state index is 0.0274. The van der Waals surface area contributed by atoms with Crippen LogP contribution in [0.15, 0.2) is 71.4 Å². The Morgan fingerprint density at radius 1 is 0.897 bits per heavy atom. The van der Waals surface area contributed by atoms with Crippen molar-refractivity contribution < 1.29 is 33.3 Å². The molecule has 1 aliphatic heterocycles. The summed E-state index contributed by atoms with van der Waals surface area (Å²) in [4.78, 5) is 25.5. The molecule has 0 aromatic heterocycles. The van der Waals surface area contributed by atoms with E-state index in [9.17, 15) is 9.59 Å². The summed E-state index contributed by atoms with van der Waals surface area (Å²) >= 11 is 3.50. The Morgan fingerprint density at radius 3 is 2.15 bits per heavy atom. The Balaban J connectivity index is 1.70. The van der Waals surface area contributed by atoms with E-state index in [2.05, 4.69) is 39.6 Å². The molecule has 0 saturated heterocycles. The number of methoxy groups -OCH3 is 2. The van der Waals surface area contributed by atoms with Crippen LogP contribution in [0.5, 0.6) is 0 Å². The number of carbonyl (C=O) groups is 2. The van der Waals surface area contributed by atoms with Gasteiger partial charge in [0.25, 0.3) is 0 Å². The Hall–Kier alpha value is -3.56. The van der Waals surface area contributed by atoms with Crippen LogP contribution in [0.3, 0.4) is 0 Å². The Labute approximate surface area is 237 Å². The lowest BCUT2D eigenvalue weighted by atomic mass is 9.81. The summed E-state index contributed by atoms with van der Waals surface area (Å²) in [5.41, 5.74) is 0.105. The standard InChI is InChI=1S/C31H31BrO7/c1-23-27(39-21-25-15-8-5-9-16-25)28(26(32)22-38-23)37-20-11-10-18-31(29(33)35-2,30(34)36-3)19-12-17-24-13-6-4-7-14-24/h4-9,13-16,22-23,27-28H,18-21H2,1-3H3/t23-,27-,28-/m0/s1. The normalized spacial score (nSPS) is 18.3. The summed E-state index contributed by atoms with van der Waals surface area (Å²) in [7, 11) is 2.43. The molecule has 0 aliphatic carbocycles. The maximum absolute atomic E-state index is 12.8. The van der Waals surface area contributed by atoms with E-state index in [0.29, 0.717) is 11.1 Å². The van der Waals surface area contributed by atoms with Crippen LogP contribution in [-0.4, -0.2) is 51.1 Å². The molecule has 39 heavy (non-hydrogen) atoms.